The Bertz CT molecular complexity index is 1210. The van der Waals surface area contributed by atoms with E-state index in [4.69, 9.17) is 0 Å². The van der Waals surface area contributed by atoms with Gasteiger partial charge in [-0.2, -0.15) is 5.10 Å². The number of hydrogen-bond acceptors (Lipinski definition) is 7. The summed E-state index contributed by atoms with van der Waals surface area (Å²) >= 11 is 7.91. The van der Waals surface area contributed by atoms with E-state index in [9.17, 15) is 4.79 Å². The summed E-state index contributed by atoms with van der Waals surface area (Å²) in [6.07, 6.45) is 1.61. The molecule has 0 unspecified atom stereocenters. The van der Waals surface area contributed by atoms with Gasteiger partial charge < -0.3 is 0 Å². The monoisotopic (exact) mass is 528 g/mol. The standard InChI is InChI=1S/C22H17BrN4OS3/c23-18-10-8-15(9-11-18)12-24-25-20(28)14-30-22-27-26-21(31-22)29-13-17-6-3-5-16-4-1-2-7-19(16)17/h1-12H,13-14H2,(H,25,28)/b24-12-. The van der Waals surface area contributed by atoms with Crippen LogP contribution in [0.3, 0.4) is 0 Å². The number of fused-ring (bicyclic) bond motifs is 1. The van der Waals surface area contributed by atoms with Crippen molar-refractivity contribution >= 4 is 73.7 Å². The third-order valence-electron chi connectivity index (χ3n) is 4.22. The number of aromatic nitrogens is 2. The number of hydrogen-bond donors (Lipinski definition) is 1. The lowest BCUT2D eigenvalue weighted by molar-refractivity contribution is -0.118. The first-order valence-electron chi connectivity index (χ1n) is 9.30. The van der Waals surface area contributed by atoms with E-state index >= 15 is 0 Å². The fraction of sp³-hybridized carbons (Fsp3) is 0.0909. The summed E-state index contributed by atoms with van der Waals surface area (Å²) < 4.78 is 2.66. The third kappa shape index (κ3) is 6.39. The molecule has 0 spiro atoms. The van der Waals surface area contributed by atoms with Gasteiger partial charge in [0.2, 0.25) is 0 Å². The van der Waals surface area contributed by atoms with Crippen molar-refractivity contribution in [2.24, 2.45) is 5.10 Å². The normalized spacial score (nSPS) is 11.3. The Morgan fingerprint density at radius 1 is 1.00 bits per heavy atom. The van der Waals surface area contributed by atoms with Crippen LogP contribution in [-0.4, -0.2) is 28.1 Å². The molecule has 31 heavy (non-hydrogen) atoms. The largest absolute Gasteiger partial charge is 0.272 e. The highest BCUT2D eigenvalue weighted by Crippen LogP contribution is 2.32. The van der Waals surface area contributed by atoms with E-state index in [1.807, 2.05) is 24.3 Å². The van der Waals surface area contributed by atoms with Crippen LogP contribution < -0.4 is 5.43 Å². The molecule has 4 aromatic rings. The summed E-state index contributed by atoms with van der Waals surface area (Å²) in [5, 5.41) is 14.9. The summed E-state index contributed by atoms with van der Waals surface area (Å²) in [5.74, 6) is 0.880. The summed E-state index contributed by atoms with van der Waals surface area (Å²) in [5.41, 5.74) is 4.72. The molecular formula is C22H17BrN4OS3. The third-order valence-corrected chi connectivity index (χ3v) is 7.99. The lowest BCUT2D eigenvalue weighted by atomic mass is 10.1. The zero-order valence-electron chi connectivity index (χ0n) is 16.2. The molecule has 0 aliphatic heterocycles. The van der Waals surface area contributed by atoms with Gasteiger partial charge in [0, 0.05) is 10.2 Å². The van der Waals surface area contributed by atoms with E-state index in [0.717, 1.165) is 24.5 Å². The van der Waals surface area contributed by atoms with Crippen molar-refractivity contribution in [2.45, 2.75) is 14.4 Å². The number of hydrazone groups is 1. The second-order valence-corrected chi connectivity index (χ2v) is 10.7. The first-order valence-corrected chi connectivity index (χ1v) is 12.9. The molecule has 5 nitrogen and oxygen atoms in total. The van der Waals surface area contributed by atoms with Crippen molar-refractivity contribution in [1.29, 1.82) is 0 Å². The van der Waals surface area contributed by atoms with Gasteiger partial charge in [-0.25, -0.2) is 5.43 Å². The Hall–Kier alpha value is -2.20. The van der Waals surface area contributed by atoms with Crippen LogP contribution in [0.5, 0.6) is 0 Å². The Morgan fingerprint density at radius 3 is 2.58 bits per heavy atom. The van der Waals surface area contributed by atoms with E-state index in [0.29, 0.717) is 0 Å². The number of amides is 1. The molecule has 0 fully saturated rings. The van der Waals surface area contributed by atoms with Crippen LogP contribution in [0.4, 0.5) is 0 Å². The van der Waals surface area contributed by atoms with Crippen LogP contribution in [0, 0.1) is 0 Å². The quantitative estimate of drug-likeness (QED) is 0.173. The maximum Gasteiger partial charge on any atom is 0.250 e. The minimum absolute atomic E-state index is 0.182. The summed E-state index contributed by atoms with van der Waals surface area (Å²) in [6.45, 7) is 0. The fourth-order valence-electron chi connectivity index (χ4n) is 2.76. The first kappa shape index (κ1) is 22.0. The topological polar surface area (TPSA) is 67.2 Å². The van der Waals surface area contributed by atoms with Gasteiger partial charge in [0.05, 0.1) is 12.0 Å². The summed E-state index contributed by atoms with van der Waals surface area (Å²) in [7, 11) is 0. The van der Waals surface area contributed by atoms with Gasteiger partial charge in [-0.1, -0.05) is 105 Å². The zero-order chi connectivity index (χ0) is 21.5. The number of carbonyl (C=O) groups excluding carboxylic acids is 1. The molecule has 0 saturated heterocycles. The molecule has 1 heterocycles. The van der Waals surface area contributed by atoms with Crippen molar-refractivity contribution < 1.29 is 4.79 Å². The van der Waals surface area contributed by atoms with E-state index in [2.05, 4.69) is 79.1 Å². The Labute approximate surface area is 200 Å². The molecule has 1 aromatic heterocycles. The highest BCUT2D eigenvalue weighted by molar-refractivity contribution is 9.10. The number of carbonyl (C=O) groups is 1. The van der Waals surface area contributed by atoms with Gasteiger partial charge in [0.25, 0.3) is 5.91 Å². The van der Waals surface area contributed by atoms with E-state index in [1.165, 1.54) is 39.4 Å². The predicted octanol–water partition coefficient (Wildman–Crippen LogP) is 5.99. The van der Waals surface area contributed by atoms with Gasteiger partial charge in [0.1, 0.15) is 0 Å². The number of benzene rings is 3. The zero-order valence-corrected chi connectivity index (χ0v) is 20.2. The Morgan fingerprint density at radius 2 is 1.74 bits per heavy atom. The number of rotatable bonds is 8. The average molecular weight is 530 g/mol. The lowest BCUT2D eigenvalue weighted by Gasteiger charge is -2.04. The fourth-order valence-corrected chi connectivity index (χ4v) is 5.84. The number of thioether (sulfide) groups is 2. The van der Waals surface area contributed by atoms with Gasteiger partial charge in [-0.3, -0.25) is 4.79 Å². The predicted molar refractivity (Wildman–Crippen MR) is 134 cm³/mol. The molecule has 9 heteroatoms. The second-order valence-electron chi connectivity index (χ2n) is 6.39. The molecule has 0 aliphatic carbocycles. The minimum atomic E-state index is -0.182. The molecule has 0 aliphatic rings. The van der Waals surface area contributed by atoms with Crippen molar-refractivity contribution in [3.63, 3.8) is 0 Å². The van der Waals surface area contributed by atoms with Gasteiger partial charge in [-0.15, -0.1) is 10.2 Å². The van der Waals surface area contributed by atoms with Crippen molar-refractivity contribution in [3.8, 4) is 0 Å². The van der Waals surface area contributed by atoms with Crippen LogP contribution in [0.25, 0.3) is 10.8 Å². The second kappa shape index (κ2) is 10.9. The van der Waals surface area contributed by atoms with Crippen LogP contribution in [0.1, 0.15) is 11.1 Å². The van der Waals surface area contributed by atoms with E-state index in [1.54, 1.807) is 18.0 Å². The molecule has 0 bridgehead atoms. The average Bonchev–Trinajstić information content (AvgIpc) is 3.25. The molecule has 0 radical (unpaired) electrons. The Kier molecular flexibility index (Phi) is 7.74. The summed E-state index contributed by atoms with van der Waals surface area (Å²) in [4.78, 5) is 12.0. The smallest absolute Gasteiger partial charge is 0.250 e. The van der Waals surface area contributed by atoms with Gasteiger partial charge in [0.15, 0.2) is 8.68 Å². The van der Waals surface area contributed by atoms with Crippen LogP contribution in [-0.2, 0) is 10.5 Å². The highest BCUT2D eigenvalue weighted by Gasteiger charge is 2.09. The van der Waals surface area contributed by atoms with Crippen molar-refractivity contribution in [1.82, 2.24) is 15.6 Å². The van der Waals surface area contributed by atoms with Gasteiger partial charge in [-0.05, 0) is 34.0 Å². The van der Waals surface area contributed by atoms with Crippen molar-refractivity contribution in [3.05, 3.63) is 82.3 Å². The van der Waals surface area contributed by atoms with Crippen LogP contribution >= 0.6 is 50.8 Å². The number of nitrogens with zero attached hydrogens (tertiary/aromatic N) is 3. The Balaban J connectivity index is 1.25. The maximum atomic E-state index is 12.0. The van der Waals surface area contributed by atoms with E-state index < -0.39 is 0 Å². The van der Waals surface area contributed by atoms with Crippen LogP contribution in [0.15, 0.2) is 85.0 Å². The molecule has 0 saturated carbocycles. The molecule has 1 amide bonds. The number of halogens is 1. The molecule has 3 aromatic carbocycles. The summed E-state index contributed by atoms with van der Waals surface area (Å²) in [6, 6.07) is 22.4. The highest BCUT2D eigenvalue weighted by atomic mass is 79.9. The first-order chi connectivity index (χ1) is 15.2. The lowest BCUT2D eigenvalue weighted by Crippen LogP contribution is -2.19. The van der Waals surface area contributed by atoms with Gasteiger partial charge >= 0.3 is 0 Å². The molecule has 4 rings (SSSR count). The minimum Gasteiger partial charge on any atom is -0.272 e. The van der Waals surface area contributed by atoms with Crippen LogP contribution in [0.2, 0.25) is 0 Å². The van der Waals surface area contributed by atoms with E-state index in [-0.39, 0.29) is 11.7 Å². The number of nitrogens with one attached hydrogen (secondary N) is 1. The van der Waals surface area contributed by atoms with Crippen molar-refractivity contribution in [2.75, 3.05) is 5.75 Å². The molecule has 0 atom stereocenters. The molecular weight excluding hydrogens is 512 g/mol. The maximum absolute atomic E-state index is 12.0. The SMILES string of the molecule is O=C(CSc1nnc(SCc2cccc3ccccc23)s1)N/N=C\c1ccc(Br)cc1. The molecule has 156 valence electrons. The molecule has 1 N–H and O–H groups in total.